The smallest absolute Gasteiger partial charge is 0.343 e. The number of rotatable bonds is 8. The molecule has 0 saturated heterocycles. The Kier molecular flexibility index (Phi) is 8.10. The van der Waals surface area contributed by atoms with E-state index >= 15 is 0 Å². The lowest BCUT2D eigenvalue weighted by Crippen LogP contribution is -2.06. The van der Waals surface area contributed by atoms with Crippen LogP contribution in [0.15, 0.2) is 71.9 Å². The second kappa shape index (κ2) is 10.8. The average molecular weight is 391 g/mol. The van der Waals surface area contributed by atoms with Crippen molar-refractivity contribution in [2.24, 2.45) is 4.99 Å². The molecule has 0 atom stereocenters. The van der Waals surface area contributed by atoms with Crippen molar-refractivity contribution < 1.29 is 19.1 Å². The van der Waals surface area contributed by atoms with Gasteiger partial charge in [-0.15, -0.1) is 0 Å². The molecule has 0 aliphatic heterocycles. The van der Waals surface area contributed by atoms with E-state index in [-0.39, 0.29) is 5.97 Å². The van der Waals surface area contributed by atoms with Gasteiger partial charge in [0.2, 0.25) is 0 Å². The summed E-state index contributed by atoms with van der Waals surface area (Å²) >= 11 is 0. The van der Waals surface area contributed by atoms with E-state index in [1.54, 1.807) is 49.4 Å². The van der Waals surface area contributed by atoms with Crippen LogP contribution in [0.1, 0.15) is 48.7 Å². The number of carbonyl (C=O) groups is 2. The fraction of sp³-hybridized carbons (Fsp3) is 0.208. The van der Waals surface area contributed by atoms with Crippen molar-refractivity contribution in [2.45, 2.75) is 33.6 Å². The number of allylic oxidation sites excluding steroid dienone is 2. The summed E-state index contributed by atoms with van der Waals surface area (Å²) < 4.78 is 10.4. The maximum atomic E-state index is 12.3. The van der Waals surface area contributed by atoms with E-state index < -0.39 is 5.97 Å². The molecule has 5 heteroatoms. The van der Waals surface area contributed by atoms with E-state index in [0.717, 1.165) is 18.4 Å². The molecule has 0 saturated carbocycles. The second-order valence-electron chi connectivity index (χ2n) is 6.35. The van der Waals surface area contributed by atoms with E-state index in [4.69, 9.17) is 9.47 Å². The minimum Gasteiger partial charge on any atom is -0.427 e. The van der Waals surface area contributed by atoms with E-state index in [0.29, 0.717) is 22.8 Å². The van der Waals surface area contributed by atoms with Crippen LogP contribution >= 0.6 is 0 Å². The topological polar surface area (TPSA) is 65.0 Å². The molecule has 0 radical (unpaired) electrons. The Bertz CT molecular complexity index is 922. The highest BCUT2D eigenvalue weighted by molar-refractivity contribution is 5.93. The molecular formula is C24H25NO4. The van der Waals surface area contributed by atoms with Crippen molar-refractivity contribution in [3.63, 3.8) is 0 Å². The quantitative estimate of drug-likeness (QED) is 0.263. The van der Waals surface area contributed by atoms with Crippen LogP contribution in [0.4, 0.5) is 0 Å². The molecule has 0 bridgehead atoms. The first-order valence-electron chi connectivity index (χ1n) is 9.42. The van der Waals surface area contributed by atoms with E-state index in [9.17, 15) is 9.59 Å². The van der Waals surface area contributed by atoms with E-state index in [1.807, 2.05) is 12.1 Å². The summed E-state index contributed by atoms with van der Waals surface area (Å²) in [6.07, 6.45) is 5.14. The summed E-state index contributed by atoms with van der Waals surface area (Å²) in [6.45, 7) is 9.13. The monoisotopic (exact) mass is 391 g/mol. The van der Waals surface area contributed by atoms with E-state index in [2.05, 4.69) is 18.5 Å². The number of hydrogen-bond donors (Lipinski definition) is 0. The third-order valence-electron chi connectivity index (χ3n) is 4.02. The molecule has 0 heterocycles. The zero-order valence-electron chi connectivity index (χ0n) is 17.0. The Morgan fingerprint density at radius 1 is 1.03 bits per heavy atom. The SMILES string of the molecule is C=C(N=C/C(=C\C)OC(=O)c1ccc(CCC)cc1)c1ccc(OC(C)=O)cc1. The maximum Gasteiger partial charge on any atom is 0.343 e. The largest absolute Gasteiger partial charge is 0.427 e. The zero-order valence-corrected chi connectivity index (χ0v) is 17.0. The molecule has 0 aromatic heterocycles. The predicted molar refractivity (Wildman–Crippen MR) is 115 cm³/mol. The van der Waals surface area contributed by atoms with Crippen molar-refractivity contribution >= 4 is 23.9 Å². The fourth-order valence-corrected chi connectivity index (χ4v) is 2.52. The van der Waals surface area contributed by atoms with Gasteiger partial charge in [-0.1, -0.05) is 32.1 Å². The lowest BCUT2D eigenvalue weighted by Gasteiger charge is -2.06. The molecule has 0 aliphatic rings. The van der Waals surface area contributed by atoms with Gasteiger partial charge in [-0.25, -0.2) is 4.79 Å². The first-order chi connectivity index (χ1) is 13.9. The van der Waals surface area contributed by atoms with Crippen molar-refractivity contribution in [2.75, 3.05) is 0 Å². The minimum atomic E-state index is -0.441. The lowest BCUT2D eigenvalue weighted by molar-refractivity contribution is -0.131. The Labute approximate surface area is 171 Å². The first kappa shape index (κ1) is 21.8. The molecule has 2 aromatic carbocycles. The number of esters is 2. The van der Waals surface area contributed by atoms with Gasteiger partial charge in [-0.05, 0) is 66.9 Å². The van der Waals surface area contributed by atoms with E-state index in [1.165, 1.54) is 18.7 Å². The standard InChI is InChI=1S/C24H25NO4/c1-5-7-19-8-10-21(11-9-19)24(27)29-22(6-2)16-25-17(3)20-12-14-23(15-13-20)28-18(4)26/h6,8-16H,3,5,7H2,1-2,4H3/b22-6+,25-16?. The Hall–Kier alpha value is -3.47. The summed E-state index contributed by atoms with van der Waals surface area (Å²) in [7, 11) is 0. The summed E-state index contributed by atoms with van der Waals surface area (Å²) in [4.78, 5) is 27.6. The van der Waals surface area contributed by atoms with Crippen molar-refractivity contribution in [1.82, 2.24) is 0 Å². The summed E-state index contributed by atoms with van der Waals surface area (Å²) in [5.74, 6) is -0.0468. The highest BCUT2D eigenvalue weighted by atomic mass is 16.5. The van der Waals surface area contributed by atoms with Gasteiger partial charge >= 0.3 is 11.9 Å². The molecule has 2 aromatic rings. The summed E-state index contributed by atoms with van der Waals surface area (Å²) in [5.41, 5.74) is 2.91. The molecule has 0 spiro atoms. The van der Waals surface area contributed by atoms with Crippen LogP contribution in [0.3, 0.4) is 0 Å². The van der Waals surface area contributed by atoms with Crippen molar-refractivity contribution in [1.29, 1.82) is 0 Å². The fourth-order valence-electron chi connectivity index (χ4n) is 2.52. The van der Waals surface area contributed by atoms with Crippen LogP contribution < -0.4 is 4.74 Å². The number of carbonyl (C=O) groups excluding carboxylic acids is 2. The van der Waals surface area contributed by atoms with Crippen LogP contribution in [0.25, 0.3) is 5.70 Å². The highest BCUT2D eigenvalue weighted by Crippen LogP contribution is 2.19. The zero-order chi connectivity index (χ0) is 21.2. The van der Waals surface area contributed by atoms with Crippen molar-refractivity contribution in [3.05, 3.63) is 83.6 Å². The number of aryl methyl sites for hydroxylation is 1. The van der Waals surface area contributed by atoms with Gasteiger partial charge in [0, 0.05) is 6.92 Å². The van der Waals surface area contributed by atoms with Crippen LogP contribution in [0.5, 0.6) is 5.75 Å². The van der Waals surface area contributed by atoms with Crippen LogP contribution in [-0.2, 0) is 16.0 Å². The van der Waals surface area contributed by atoms with Gasteiger partial charge in [0.05, 0.1) is 17.5 Å². The molecular weight excluding hydrogens is 366 g/mol. The molecule has 0 fully saturated rings. The third-order valence-corrected chi connectivity index (χ3v) is 4.02. The Morgan fingerprint density at radius 3 is 2.21 bits per heavy atom. The normalized spacial score (nSPS) is 11.3. The van der Waals surface area contributed by atoms with Gasteiger partial charge < -0.3 is 9.47 Å². The number of ether oxygens (including phenoxy) is 2. The average Bonchev–Trinajstić information content (AvgIpc) is 2.71. The minimum absolute atomic E-state index is 0.324. The molecule has 29 heavy (non-hydrogen) atoms. The lowest BCUT2D eigenvalue weighted by atomic mass is 10.1. The summed E-state index contributed by atoms with van der Waals surface area (Å²) in [5, 5.41) is 0. The van der Waals surface area contributed by atoms with Crippen molar-refractivity contribution in [3.8, 4) is 5.75 Å². The van der Waals surface area contributed by atoms with Crippen LogP contribution in [-0.4, -0.2) is 18.2 Å². The molecule has 5 nitrogen and oxygen atoms in total. The maximum absolute atomic E-state index is 12.3. The summed E-state index contributed by atoms with van der Waals surface area (Å²) in [6, 6.07) is 14.2. The predicted octanol–water partition coefficient (Wildman–Crippen LogP) is 5.37. The third kappa shape index (κ3) is 6.88. The molecule has 0 unspecified atom stereocenters. The molecule has 150 valence electrons. The number of benzene rings is 2. The highest BCUT2D eigenvalue weighted by Gasteiger charge is 2.09. The molecule has 2 rings (SSSR count). The second-order valence-corrected chi connectivity index (χ2v) is 6.35. The van der Waals surface area contributed by atoms with Crippen LogP contribution in [0, 0.1) is 0 Å². The van der Waals surface area contributed by atoms with Gasteiger partial charge in [-0.3, -0.25) is 9.79 Å². The van der Waals surface area contributed by atoms with Crippen LogP contribution in [0.2, 0.25) is 0 Å². The van der Waals surface area contributed by atoms with Gasteiger partial charge in [0.1, 0.15) is 11.5 Å². The first-order valence-corrected chi connectivity index (χ1v) is 9.42. The molecule has 0 amide bonds. The molecule has 0 aliphatic carbocycles. The number of hydrogen-bond acceptors (Lipinski definition) is 5. The number of aliphatic imine (C=N–C) groups is 1. The van der Waals surface area contributed by atoms with Gasteiger partial charge in [0.15, 0.2) is 0 Å². The Balaban J connectivity index is 1.99. The van der Waals surface area contributed by atoms with Gasteiger partial charge in [0.25, 0.3) is 0 Å². The Morgan fingerprint density at radius 2 is 1.66 bits per heavy atom. The van der Waals surface area contributed by atoms with Gasteiger partial charge in [-0.2, -0.15) is 0 Å². The number of nitrogens with zero attached hydrogens (tertiary/aromatic N) is 1. The molecule has 0 N–H and O–H groups in total.